The molecule has 3 aliphatic rings. The van der Waals surface area contributed by atoms with Gasteiger partial charge in [-0.05, 0) is 56.0 Å². The van der Waals surface area contributed by atoms with Crippen LogP contribution in [0.25, 0.3) is 10.4 Å². The summed E-state index contributed by atoms with van der Waals surface area (Å²) in [5.41, 5.74) is 2.26. The number of hydrogen-bond acceptors (Lipinski definition) is 3. The van der Waals surface area contributed by atoms with Gasteiger partial charge in [-0.3, -0.25) is 4.79 Å². The van der Waals surface area contributed by atoms with Gasteiger partial charge in [0.25, 0.3) is 5.91 Å². The summed E-state index contributed by atoms with van der Waals surface area (Å²) in [5, 5.41) is 3.30. The predicted octanol–water partition coefficient (Wildman–Crippen LogP) is 3.55. The number of nitrogens with one attached hydrogen (secondary N) is 1. The minimum atomic E-state index is 0.105. The molecule has 1 aromatic carbocycles. The lowest BCUT2D eigenvalue weighted by atomic mass is 9.84. The van der Waals surface area contributed by atoms with Gasteiger partial charge in [-0.15, -0.1) is 11.3 Å². The molecule has 2 bridgehead atoms. The van der Waals surface area contributed by atoms with E-state index in [2.05, 4.69) is 28.4 Å². The maximum atomic E-state index is 12.7. The van der Waals surface area contributed by atoms with Crippen molar-refractivity contribution in [1.82, 2.24) is 10.2 Å². The van der Waals surface area contributed by atoms with E-state index in [1.165, 1.54) is 36.4 Å². The fraction of sp³-hybridized carbons (Fsp3) is 0.421. The molecule has 3 saturated heterocycles. The number of piperidine rings is 3. The lowest BCUT2D eigenvalue weighted by Gasteiger charge is -2.44. The van der Waals surface area contributed by atoms with E-state index in [4.69, 9.17) is 0 Å². The fourth-order valence-electron chi connectivity index (χ4n) is 3.81. The average Bonchev–Trinajstić information content (AvgIpc) is 2.99. The molecule has 4 heterocycles. The smallest absolute Gasteiger partial charge is 0.261 e. The quantitative estimate of drug-likeness (QED) is 0.935. The van der Waals surface area contributed by atoms with Gasteiger partial charge in [0.1, 0.15) is 0 Å². The fourth-order valence-corrected chi connectivity index (χ4v) is 4.90. The summed E-state index contributed by atoms with van der Waals surface area (Å²) in [6.07, 6.45) is 2.45. The Hall–Kier alpha value is -1.65. The van der Waals surface area contributed by atoms with Gasteiger partial charge in [-0.1, -0.05) is 30.3 Å². The van der Waals surface area contributed by atoms with Crippen molar-refractivity contribution >= 4 is 17.2 Å². The highest BCUT2D eigenvalue weighted by Gasteiger charge is 2.35. The Bertz CT molecular complexity index is 701. The maximum absolute atomic E-state index is 12.7. The molecule has 5 rings (SSSR count). The van der Waals surface area contributed by atoms with Crippen LogP contribution in [-0.2, 0) is 0 Å². The van der Waals surface area contributed by atoms with E-state index in [0.717, 1.165) is 17.0 Å². The number of nitrogens with zero attached hydrogens (tertiary/aromatic N) is 1. The van der Waals surface area contributed by atoms with Crippen LogP contribution in [0, 0.1) is 12.8 Å². The molecule has 120 valence electrons. The van der Waals surface area contributed by atoms with Gasteiger partial charge in [0, 0.05) is 17.5 Å². The predicted molar refractivity (Wildman–Crippen MR) is 94.9 cm³/mol. The number of rotatable bonds is 3. The van der Waals surface area contributed by atoms with Gasteiger partial charge in [0.05, 0.1) is 4.88 Å². The zero-order valence-corrected chi connectivity index (χ0v) is 14.2. The molecule has 1 aromatic heterocycles. The van der Waals surface area contributed by atoms with Crippen molar-refractivity contribution in [3.8, 4) is 10.4 Å². The van der Waals surface area contributed by atoms with Crippen LogP contribution in [0.5, 0.6) is 0 Å². The molecule has 0 saturated carbocycles. The van der Waals surface area contributed by atoms with Gasteiger partial charge in [0.15, 0.2) is 0 Å². The number of benzene rings is 1. The Kier molecular flexibility index (Phi) is 3.95. The Balaban J connectivity index is 1.52. The first kappa shape index (κ1) is 14.9. The molecule has 3 nitrogen and oxygen atoms in total. The van der Waals surface area contributed by atoms with Crippen molar-refractivity contribution in [2.45, 2.75) is 25.8 Å². The highest BCUT2D eigenvalue weighted by Crippen LogP contribution is 2.32. The van der Waals surface area contributed by atoms with Crippen LogP contribution in [0.2, 0.25) is 0 Å². The number of aryl methyl sites for hydroxylation is 1. The SMILES string of the molecule is Cc1cc(-c2ccccc2)sc1C(=O)NC1CN2CCC1CC2. The minimum Gasteiger partial charge on any atom is -0.347 e. The van der Waals surface area contributed by atoms with Crippen LogP contribution in [0.4, 0.5) is 0 Å². The second kappa shape index (κ2) is 6.10. The van der Waals surface area contributed by atoms with E-state index < -0.39 is 0 Å². The molecule has 1 amide bonds. The van der Waals surface area contributed by atoms with E-state index in [1.807, 2.05) is 25.1 Å². The van der Waals surface area contributed by atoms with Crippen LogP contribution in [0.1, 0.15) is 28.1 Å². The summed E-state index contributed by atoms with van der Waals surface area (Å²) in [7, 11) is 0. The first-order valence-electron chi connectivity index (χ1n) is 8.40. The molecule has 0 spiro atoms. The topological polar surface area (TPSA) is 32.3 Å². The van der Waals surface area contributed by atoms with Gasteiger partial charge in [-0.2, -0.15) is 0 Å². The molecule has 3 fully saturated rings. The second-order valence-corrected chi connectivity index (χ2v) is 7.76. The van der Waals surface area contributed by atoms with Crippen molar-refractivity contribution in [3.05, 3.63) is 46.8 Å². The summed E-state index contributed by atoms with van der Waals surface area (Å²) >= 11 is 1.60. The zero-order chi connectivity index (χ0) is 15.8. The lowest BCUT2D eigenvalue weighted by molar-refractivity contribution is 0.0622. The largest absolute Gasteiger partial charge is 0.347 e. The summed E-state index contributed by atoms with van der Waals surface area (Å²) in [6, 6.07) is 12.7. The third-order valence-corrected chi connectivity index (χ3v) is 6.44. The monoisotopic (exact) mass is 326 g/mol. The number of carbonyl (C=O) groups excluding carboxylic acids is 1. The molecule has 1 N–H and O–H groups in total. The van der Waals surface area contributed by atoms with Crippen molar-refractivity contribution in [1.29, 1.82) is 0 Å². The second-order valence-electron chi connectivity index (χ2n) is 6.71. The maximum Gasteiger partial charge on any atom is 0.261 e. The third-order valence-electron chi connectivity index (χ3n) is 5.15. The van der Waals surface area contributed by atoms with Crippen molar-refractivity contribution in [2.75, 3.05) is 19.6 Å². The summed E-state index contributed by atoms with van der Waals surface area (Å²) in [6.45, 7) is 5.46. The minimum absolute atomic E-state index is 0.105. The van der Waals surface area contributed by atoms with Crippen LogP contribution in [0.15, 0.2) is 36.4 Å². The van der Waals surface area contributed by atoms with Crippen LogP contribution < -0.4 is 5.32 Å². The molecule has 23 heavy (non-hydrogen) atoms. The Morgan fingerprint density at radius 1 is 1.22 bits per heavy atom. The van der Waals surface area contributed by atoms with Gasteiger partial charge < -0.3 is 10.2 Å². The van der Waals surface area contributed by atoms with E-state index in [1.54, 1.807) is 11.3 Å². The molecule has 0 radical (unpaired) electrons. The Morgan fingerprint density at radius 3 is 2.61 bits per heavy atom. The molecule has 4 heteroatoms. The van der Waals surface area contributed by atoms with Crippen molar-refractivity contribution in [2.24, 2.45) is 5.92 Å². The highest BCUT2D eigenvalue weighted by atomic mass is 32.1. The number of fused-ring (bicyclic) bond motifs is 3. The number of amides is 1. The first-order chi connectivity index (χ1) is 11.2. The van der Waals surface area contributed by atoms with Crippen molar-refractivity contribution < 1.29 is 4.79 Å². The number of thiophene rings is 1. The molecule has 1 atom stereocenters. The molecular weight excluding hydrogens is 304 g/mol. The first-order valence-corrected chi connectivity index (χ1v) is 9.21. The van der Waals surface area contributed by atoms with Gasteiger partial charge >= 0.3 is 0 Å². The van der Waals surface area contributed by atoms with Crippen LogP contribution in [0.3, 0.4) is 0 Å². The normalized spacial score (nSPS) is 26.2. The van der Waals surface area contributed by atoms with Crippen LogP contribution >= 0.6 is 11.3 Å². The van der Waals surface area contributed by atoms with E-state index in [0.29, 0.717) is 12.0 Å². The Morgan fingerprint density at radius 2 is 1.96 bits per heavy atom. The van der Waals surface area contributed by atoms with Gasteiger partial charge in [-0.25, -0.2) is 0 Å². The third kappa shape index (κ3) is 2.93. The molecule has 1 unspecified atom stereocenters. The van der Waals surface area contributed by atoms with Crippen molar-refractivity contribution in [3.63, 3.8) is 0 Å². The van der Waals surface area contributed by atoms with Gasteiger partial charge in [0.2, 0.25) is 0 Å². The summed E-state index contributed by atoms with van der Waals surface area (Å²) < 4.78 is 0. The molecule has 3 aliphatic heterocycles. The van der Waals surface area contributed by atoms with E-state index >= 15 is 0 Å². The number of hydrogen-bond donors (Lipinski definition) is 1. The number of carbonyl (C=O) groups is 1. The van der Waals surface area contributed by atoms with E-state index in [9.17, 15) is 4.79 Å². The van der Waals surface area contributed by atoms with Crippen LogP contribution in [-0.4, -0.2) is 36.5 Å². The highest BCUT2D eigenvalue weighted by molar-refractivity contribution is 7.17. The molecular formula is C19H22N2OS. The standard InChI is InChI=1S/C19H22N2OS/c1-13-11-17(15-5-3-2-4-6-15)23-18(13)19(22)20-16-12-21-9-7-14(16)8-10-21/h2-6,11,14,16H,7-10,12H2,1H3,(H,20,22). The average molecular weight is 326 g/mol. The summed E-state index contributed by atoms with van der Waals surface area (Å²) in [5.74, 6) is 0.770. The molecule has 0 aliphatic carbocycles. The van der Waals surface area contributed by atoms with E-state index in [-0.39, 0.29) is 5.91 Å². The zero-order valence-electron chi connectivity index (χ0n) is 13.4. The summed E-state index contributed by atoms with van der Waals surface area (Å²) in [4.78, 5) is 17.2. The Labute approximate surface area is 141 Å². The lowest BCUT2D eigenvalue weighted by Crippen LogP contribution is -2.57. The molecule has 2 aromatic rings.